The summed E-state index contributed by atoms with van der Waals surface area (Å²) in [5.74, 6) is 0.242. The van der Waals surface area contributed by atoms with E-state index in [0.717, 1.165) is 0 Å². The maximum Gasteiger partial charge on any atom is 0.251 e. The van der Waals surface area contributed by atoms with Gasteiger partial charge in [-0.2, -0.15) is 0 Å². The molecule has 0 saturated heterocycles. The number of aliphatic hydroxyl groups is 1. The molecule has 2 aromatic carbocycles. The van der Waals surface area contributed by atoms with E-state index in [4.69, 9.17) is 9.15 Å². The first-order valence-corrected chi connectivity index (χ1v) is 7.50. The van der Waals surface area contributed by atoms with Gasteiger partial charge in [0.1, 0.15) is 16.9 Å². The van der Waals surface area contributed by atoms with Gasteiger partial charge in [-0.25, -0.2) is 0 Å². The fraction of sp³-hybridized carbons (Fsp3) is 0.222. The number of amides is 1. The first kappa shape index (κ1) is 16.0. The van der Waals surface area contributed by atoms with Gasteiger partial charge in [0.15, 0.2) is 0 Å². The molecule has 0 saturated carbocycles. The molecule has 1 amide bonds. The summed E-state index contributed by atoms with van der Waals surface area (Å²) in [5.41, 5.74) is 0.952. The van der Waals surface area contributed by atoms with Crippen LogP contribution in [-0.2, 0) is 0 Å². The highest BCUT2D eigenvalue weighted by atomic mass is 16.5. The molecule has 124 valence electrons. The lowest BCUT2D eigenvalue weighted by molar-refractivity contribution is 0.0924. The largest absolute Gasteiger partial charge is 0.497 e. The van der Waals surface area contributed by atoms with E-state index < -0.39 is 6.10 Å². The van der Waals surface area contributed by atoms with Crippen molar-refractivity contribution in [2.45, 2.75) is 13.0 Å². The van der Waals surface area contributed by atoms with Gasteiger partial charge in [0.2, 0.25) is 5.43 Å². The number of methoxy groups -OCH3 is 1. The van der Waals surface area contributed by atoms with E-state index >= 15 is 0 Å². The van der Waals surface area contributed by atoms with Crippen molar-refractivity contribution in [3.05, 3.63) is 52.2 Å². The highest BCUT2D eigenvalue weighted by Crippen LogP contribution is 2.23. The fourth-order valence-corrected chi connectivity index (χ4v) is 2.45. The Morgan fingerprint density at radius 3 is 2.71 bits per heavy atom. The van der Waals surface area contributed by atoms with E-state index in [1.54, 1.807) is 44.4 Å². The van der Waals surface area contributed by atoms with E-state index in [1.165, 1.54) is 6.07 Å². The molecule has 1 aromatic heterocycles. The van der Waals surface area contributed by atoms with Gasteiger partial charge in [0.25, 0.3) is 5.91 Å². The van der Waals surface area contributed by atoms with Gasteiger partial charge < -0.3 is 19.6 Å². The second kappa shape index (κ2) is 6.33. The number of hydrogen-bond acceptors (Lipinski definition) is 5. The molecule has 0 aliphatic carbocycles. The molecular formula is C18H17NO5. The van der Waals surface area contributed by atoms with Gasteiger partial charge in [-0.3, -0.25) is 9.59 Å². The molecule has 1 unspecified atom stereocenters. The average molecular weight is 327 g/mol. The van der Waals surface area contributed by atoms with Gasteiger partial charge in [-0.15, -0.1) is 0 Å². The first-order valence-electron chi connectivity index (χ1n) is 7.50. The van der Waals surface area contributed by atoms with Crippen LogP contribution in [0.1, 0.15) is 17.3 Å². The summed E-state index contributed by atoms with van der Waals surface area (Å²) in [7, 11) is 1.54. The number of ether oxygens (including phenoxy) is 1. The fourth-order valence-electron chi connectivity index (χ4n) is 2.45. The van der Waals surface area contributed by atoms with E-state index in [2.05, 4.69) is 5.32 Å². The summed E-state index contributed by atoms with van der Waals surface area (Å²) in [6, 6.07) is 9.65. The van der Waals surface area contributed by atoms with E-state index in [1.807, 2.05) is 0 Å². The summed E-state index contributed by atoms with van der Waals surface area (Å²) in [6.45, 7) is 1.72. The molecule has 0 fully saturated rings. The van der Waals surface area contributed by atoms with Crippen LogP contribution in [-0.4, -0.2) is 30.8 Å². The maximum atomic E-state index is 12.7. The molecule has 0 aliphatic heterocycles. The van der Waals surface area contributed by atoms with Crippen molar-refractivity contribution < 1.29 is 19.1 Å². The molecular weight excluding hydrogens is 310 g/mol. The Bertz CT molecular complexity index is 974. The van der Waals surface area contributed by atoms with Crippen molar-refractivity contribution in [3.63, 3.8) is 0 Å². The van der Waals surface area contributed by atoms with Gasteiger partial charge in [-0.05, 0) is 37.3 Å². The summed E-state index contributed by atoms with van der Waals surface area (Å²) in [5, 5.41) is 12.6. The van der Waals surface area contributed by atoms with Crippen LogP contribution in [0.15, 0.2) is 45.6 Å². The lowest BCUT2D eigenvalue weighted by Gasteiger charge is -2.08. The summed E-state index contributed by atoms with van der Waals surface area (Å²) >= 11 is 0. The number of carbonyl (C=O) groups is 1. The van der Waals surface area contributed by atoms with Crippen LogP contribution in [0.3, 0.4) is 0 Å². The highest BCUT2D eigenvalue weighted by Gasteiger charge is 2.12. The molecule has 0 radical (unpaired) electrons. The first-order chi connectivity index (χ1) is 11.5. The minimum absolute atomic E-state index is 0.142. The van der Waals surface area contributed by atoms with Crippen LogP contribution in [0.4, 0.5) is 0 Å². The third kappa shape index (κ3) is 2.96. The van der Waals surface area contributed by atoms with Crippen LogP contribution < -0.4 is 15.5 Å². The smallest absolute Gasteiger partial charge is 0.251 e. The van der Waals surface area contributed by atoms with Crippen molar-refractivity contribution in [3.8, 4) is 5.75 Å². The molecule has 6 nitrogen and oxygen atoms in total. The molecule has 6 heteroatoms. The quantitative estimate of drug-likeness (QED) is 0.716. The summed E-state index contributed by atoms with van der Waals surface area (Å²) in [4.78, 5) is 24.7. The standard InChI is InChI=1S/C18H17NO5/c1-10(20)9-19-18(22)11-3-6-15-14(7-11)17(21)13-5-4-12(23-2)8-16(13)24-15/h3-8,10,20H,9H2,1-2H3,(H,19,22). The van der Waals surface area contributed by atoms with Crippen molar-refractivity contribution in [1.29, 1.82) is 0 Å². The predicted molar refractivity (Wildman–Crippen MR) is 90.6 cm³/mol. The molecule has 0 bridgehead atoms. The van der Waals surface area contributed by atoms with Crippen LogP contribution >= 0.6 is 0 Å². The Kier molecular flexibility index (Phi) is 4.22. The highest BCUT2D eigenvalue weighted by molar-refractivity contribution is 5.99. The monoisotopic (exact) mass is 327 g/mol. The van der Waals surface area contributed by atoms with Crippen LogP contribution in [0, 0.1) is 0 Å². The Morgan fingerprint density at radius 1 is 1.21 bits per heavy atom. The molecule has 1 atom stereocenters. The molecule has 1 heterocycles. The van der Waals surface area contributed by atoms with Crippen LogP contribution in [0.2, 0.25) is 0 Å². The van der Waals surface area contributed by atoms with Crippen LogP contribution in [0.5, 0.6) is 5.75 Å². The lowest BCUT2D eigenvalue weighted by atomic mass is 10.1. The summed E-state index contributed by atoms with van der Waals surface area (Å²) < 4.78 is 10.9. The normalized spacial score (nSPS) is 12.3. The predicted octanol–water partition coefficient (Wildman–Crippen LogP) is 2.07. The zero-order valence-corrected chi connectivity index (χ0v) is 13.3. The Morgan fingerprint density at radius 2 is 2.00 bits per heavy atom. The summed E-state index contributed by atoms with van der Waals surface area (Å²) in [6.07, 6.45) is -0.640. The van der Waals surface area contributed by atoms with Gasteiger partial charge in [0, 0.05) is 18.2 Å². The molecule has 3 aromatic rings. The number of nitrogens with one attached hydrogen (secondary N) is 1. The number of aliphatic hydroxyl groups excluding tert-OH is 1. The number of fused-ring (bicyclic) bond motifs is 2. The Labute approximate surface area is 137 Å². The van der Waals surface area contributed by atoms with Crippen molar-refractivity contribution in [2.75, 3.05) is 13.7 Å². The van der Waals surface area contributed by atoms with E-state index in [9.17, 15) is 14.7 Å². The number of rotatable bonds is 4. The van der Waals surface area contributed by atoms with Crippen molar-refractivity contribution in [2.24, 2.45) is 0 Å². The number of hydrogen-bond donors (Lipinski definition) is 2. The van der Waals surface area contributed by atoms with Gasteiger partial charge in [0.05, 0.1) is 24.0 Å². The zero-order chi connectivity index (χ0) is 17.3. The number of benzene rings is 2. The molecule has 0 aliphatic rings. The minimum Gasteiger partial charge on any atom is -0.497 e. The second-order valence-corrected chi connectivity index (χ2v) is 5.56. The third-order valence-electron chi connectivity index (χ3n) is 3.70. The van der Waals surface area contributed by atoms with Crippen molar-refractivity contribution >= 4 is 27.8 Å². The van der Waals surface area contributed by atoms with Gasteiger partial charge >= 0.3 is 0 Å². The zero-order valence-electron chi connectivity index (χ0n) is 13.3. The van der Waals surface area contributed by atoms with Crippen molar-refractivity contribution in [1.82, 2.24) is 5.32 Å². The maximum absolute atomic E-state index is 12.7. The molecule has 3 rings (SSSR count). The van der Waals surface area contributed by atoms with E-state index in [0.29, 0.717) is 33.3 Å². The molecule has 24 heavy (non-hydrogen) atoms. The average Bonchev–Trinajstić information content (AvgIpc) is 2.59. The molecule has 2 N–H and O–H groups in total. The lowest BCUT2D eigenvalue weighted by Crippen LogP contribution is -2.30. The topological polar surface area (TPSA) is 88.8 Å². The Balaban J connectivity index is 2.09. The van der Waals surface area contributed by atoms with E-state index in [-0.39, 0.29) is 17.9 Å². The number of carbonyl (C=O) groups excluding carboxylic acids is 1. The minimum atomic E-state index is -0.640. The molecule has 0 spiro atoms. The SMILES string of the molecule is COc1ccc2c(=O)c3cc(C(=O)NCC(C)O)ccc3oc2c1. The third-order valence-corrected chi connectivity index (χ3v) is 3.70. The Hall–Kier alpha value is -2.86. The van der Waals surface area contributed by atoms with Crippen LogP contribution in [0.25, 0.3) is 21.9 Å². The second-order valence-electron chi connectivity index (χ2n) is 5.56. The van der Waals surface area contributed by atoms with Gasteiger partial charge in [-0.1, -0.05) is 0 Å².